The third kappa shape index (κ3) is 3.86. The van der Waals surface area contributed by atoms with Crippen molar-refractivity contribution in [3.63, 3.8) is 0 Å². The first-order chi connectivity index (χ1) is 16.5. The molecule has 1 aliphatic rings. The van der Waals surface area contributed by atoms with Crippen LogP contribution in [0, 0.1) is 0 Å². The summed E-state index contributed by atoms with van der Waals surface area (Å²) in [6, 6.07) is 9.39. The molecule has 0 saturated heterocycles. The number of fused-ring (bicyclic) bond motifs is 1. The maximum atomic E-state index is 12.4. The number of hydrogen-bond donors (Lipinski definition) is 3. The van der Waals surface area contributed by atoms with Gasteiger partial charge in [0.05, 0.1) is 28.6 Å². The van der Waals surface area contributed by atoms with Crippen molar-refractivity contribution >= 4 is 22.3 Å². The molecule has 34 heavy (non-hydrogen) atoms. The molecular formula is C26H26N6O2. The number of H-pyrrole nitrogens is 1. The van der Waals surface area contributed by atoms with E-state index < -0.39 is 5.60 Å². The van der Waals surface area contributed by atoms with E-state index in [9.17, 15) is 10.3 Å². The summed E-state index contributed by atoms with van der Waals surface area (Å²) >= 11 is 0. The first-order valence-corrected chi connectivity index (χ1v) is 11.3. The second-order valence-electron chi connectivity index (χ2n) is 8.66. The Kier molecular flexibility index (Phi) is 5.67. The largest absolute Gasteiger partial charge is 0.411 e. The Labute approximate surface area is 197 Å². The highest BCUT2D eigenvalue weighted by atomic mass is 16.4. The molecule has 0 radical (unpaired) electrons. The van der Waals surface area contributed by atoms with Crippen molar-refractivity contribution in [1.29, 1.82) is 0 Å². The number of benzene rings is 1. The lowest BCUT2D eigenvalue weighted by Gasteiger charge is -2.28. The number of rotatable bonds is 7. The first kappa shape index (κ1) is 21.9. The molecule has 172 valence electrons. The highest BCUT2D eigenvalue weighted by Crippen LogP contribution is 2.43. The van der Waals surface area contributed by atoms with Gasteiger partial charge in [0.15, 0.2) is 5.60 Å². The maximum absolute atomic E-state index is 12.4. The highest BCUT2D eigenvalue weighted by Gasteiger charge is 2.40. The van der Waals surface area contributed by atoms with Gasteiger partial charge in [0.2, 0.25) is 0 Å². The van der Waals surface area contributed by atoms with E-state index in [0.717, 1.165) is 35.3 Å². The lowest BCUT2D eigenvalue weighted by molar-refractivity contribution is 0.117. The number of oxime groups is 1. The third-order valence-corrected chi connectivity index (χ3v) is 6.26. The Morgan fingerprint density at radius 1 is 1.18 bits per heavy atom. The molecule has 3 aromatic heterocycles. The Hall–Kier alpha value is -3.91. The number of nitrogens with zero attached hydrogens (tertiary/aromatic N) is 5. The molecule has 0 aliphatic heterocycles. The van der Waals surface area contributed by atoms with Crippen LogP contribution in [0.2, 0.25) is 0 Å². The standard InChI is InChI=1S/C26H26N6O2/c1-3-17(12-16(2)32-34)19-13-20(24-21(14-19)30-25(31-24)18-7-8-18)26(33,22-6-4-5-9-28-22)23-15-27-10-11-29-23/h3-6,9-11,13-15,18,33-34H,7-8,12H2,1-2H3,(H,30,31)/b17-3-,32-16-. The fourth-order valence-electron chi connectivity index (χ4n) is 4.30. The van der Waals surface area contributed by atoms with Crippen LogP contribution in [0.3, 0.4) is 0 Å². The fourth-order valence-corrected chi connectivity index (χ4v) is 4.30. The van der Waals surface area contributed by atoms with Gasteiger partial charge in [0.1, 0.15) is 11.5 Å². The predicted octanol–water partition coefficient (Wildman–Crippen LogP) is 4.55. The van der Waals surface area contributed by atoms with Crippen molar-refractivity contribution in [3.05, 3.63) is 89.5 Å². The Morgan fingerprint density at radius 2 is 2.00 bits per heavy atom. The van der Waals surface area contributed by atoms with Gasteiger partial charge >= 0.3 is 0 Å². The van der Waals surface area contributed by atoms with Gasteiger partial charge in [0.25, 0.3) is 0 Å². The minimum absolute atomic E-state index is 0.359. The molecule has 0 amide bonds. The van der Waals surface area contributed by atoms with Crippen molar-refractivity contribution in [2.75, 3.05) is 0 Å². The quantitative estimate of drug-likeness (QED) is 0.214. The van der Waals surface area contributed by atoms with Gasteiger partial charge in [-0.3, -0.25) is 15.0 Å². The SMILES string of the molecule is C/C=C(/C/C(C)=N\O)c1cc(C(O)(c2ccccn2)c2cnccn2)c2nc(C3CC3)[nH]c2c1. The van der Waals surface area contributed by atoms with Crippen molar-refractivity contribution in [2.24, 2.45) is 5.16 Å². The Morgan fingerprint density at radius 3 is 2.65 bits per heavy atom. The van der Waals surface area contributed by atoms with Crippen molar-refractivity contribution in [1.82, 2.24) is 24.9 Å². The Bertz CT molecular complexity index is 1340. The van der Waals surface area contributed by atoms with Gasteiger partial charge in [0, 0.05) is 36.5 Å². The number of allylic oxidation sites excluding steroid dienone is 2. The van der Waals surface area contributed by atoms with E-state index in [0.29, 0.717) is 40.5 Å². The van der Waals surface area contributed by atoms with Gasteiger partial charge in [-0.1, -0.05) is 17.3 Å². The van der Waals surface area contributed by atoms with E-state index in [1.165, 1.54) is 0 Å². The van der Waals surface area contributed by atoms with Crippen molar-refractivity contribution < 1.29 is 10.3 Å². The summed E-state index contributed by atoms with van der Waals surface area (Å²) in [5, 5.41) is 25.0. The summed E-state index contributed by atoms with van der Waals surface area (Å²) in [5.74, 6) is 1.33. The summed E-state index contributed by atoms with van der Waals surface area (Å²) < 4.78 is 0. The second kappa shape index (κ2) is 8.79. The van der Waals surface area contributed by atoms with Crippen LogP contribution < -0.4 is 0 Å². The normalized spacial score (nSPS) is 16.6. The van der Waals surface area contributed by atoms with E-state index in [1.807, 2.05) is 31.2 Å². The molecule has 1 unspecified atom stereocenters. The molecular weight excluding hydrogens is 428 g/mol. The van der Waals surface area contributed by atoms with E-state index in [4.69, 9.17) is 4.98 Å². The lowest BCUT2D eigenvalue weighted by Crippen LogP contribution is -2.32. The average molecular weight is 455 g/mol. The van der Waals surface area contributed by atoms with Crippen molar-refractivity contribution in [3.8, 4) is 0 Å². The highest BCUT2D eigenvalue weighted by molar-refractivity contribution is 5.94. The molecule has 1 aliphatic carbocycles. The molecule has 1 saturated carbocycles. The summed E-state index contributed by atoms with van der Waals surface area (Å²) in [7, 11) is 0. The number of aromatic amines is 1. The van der Waals surface area contributed by atoms with Crippen LogP contribution in [0.1, 0.15) is 67.4 Å². The summed E-state index contributed by atoms with van der Waals surface area (Å²) in [4.78, 5) is 21.6. The van der Waals surface area contributed by atoms with Crippen LogP contribution in [-0.4, -0.2) is 40.9 Å². The molecule has 3 heterocycles. The smallest absolute Gasteiger partial charge is 0.177 e. The molecule has 8 nitrogen and oxygen atoms in total. The van der Waals surface area contributed by atoms with Crippen LogP contribution >= 0.6 is 0 Å². The van der Waals surface area contributed by atoms with Gasteiger partial charge in [-0.05, 0) is 62.1 Å². The molecule has 1 aromatic carbocycles. The number of hydrogen-bond acceptors (Lipinski definition) is 7. The topological polar surface area (TPSA) is 120 Å². The van der Waals surface area contributed by atoms with Crippen LogP contribution in [0.4, 0.5) is 0 Å². The maximum Gasteiger partial charge on any atom is 0.177 e. The summed E-state index contributed by atoms with van der Waals surface area (Å²) in [6.45, 7) is 3.72. The second-order valence-corrected chi connectivity index (χ2v) is 8.66. The zero-order valence-electron chi connectivity index (χ0n) is 19.1. The van der Waals surface area contributed by atoms with Crippen LogP contribution in [0.5, 0.6) is 0 Å². The lowest BCUT2D eigenvalue weighted by atomic mass is 9.83. The van der Waals surface area contributed by atoms with E-state index in [1.54, 1.807) is 43.8 Å². The molecule has 5 rings (SSSR count). The monoisotopic (exact) mass is 454 g/mol. The molecule has 1 atom stereocenters. The average Bonchev–Trinajstić information content (AvgIpc) is 3.65. The molecule has 0 bridgehead atoms. The molecule has 1 fully saturated rings. The zero-order chi connectivity index (χ0) is 23.7. The molecule has 8 heteroatoms. The summed E-state index contributed by atoms with van der Waals surface area (Å²) in [6.07, 6.45) is 11.0. The number of pyridine rings is 1. The minimum Gasteiger partial charge on any atom is -0.411 e. The molecule has 4 aromatic rings. The third-order valence-electron chi connectivity index (χ3n) is 6.26. The van der Waals surface area contributed by atoms with Gasteiger partial charge < -0.3 is 15.3 Å². The van der Waals surface area contributed by atoms with Crippen LogP contribution in [0.15, 0.2) is 66.4 Å². The number of aromatic nitrogens is 5. The van der Waals surface area contributed by atoms with Gasteiger partial charge in [-0.2, -0.15) is 0 Å². The fraction of sp³-hybridized carbons (Fsp3) is 0.269. The van der Waals surface area contributed by atoms with Crippen LogP contribution in [0.25, 0.3) is 16.6 Å². The number of imidazole rings is 1. The van der Waals surface area contributed by atoms with Gasteiger partial charge in [-0.25, -0.2) is 4.98 Å². The predicted molar refractivity (Wildman–Crippen MR) is 130 cm³/mol. The van der Waals surface area contributed by atoms with Crippen LogP contribution in [-0.2, 0) is 5.60 Å². The van der Waals surface area contributed by atoms with Gasteiger partial charge in [-0.15, -0.1) is 0 Å². The molecule has 3 N–H and O–H groups in total. The van der Waals surface area contributed by atoms with E-state index in [-0.39, 0.29) is 0 Å². The number of aliphatic hydroxyl groups is 1. The molecule has 0 spiro atoms. The number of nitrogens with one attached hydrogen (secondary N) is 1. The minimum atomic E-state index is -1.68. The van der Waals surface area contributed by atoms with E-state index >= 15 is 0 Å². The zero-order valence-corrected chi connectivity index (χ0v) is 19.1. The van der Waals surface area contributed by atoms with E-state index in [2.05, 4.69) is 25.1 Å². The first-order valence-electron chi connectivity index (χ1n) is 11.3. The van der Waals surface area contributed by atoms with Crippen molar-refractivity contribution in [2.45, 2.75) is 44.6 Å². The summed E-state index contributed by atoms with van der Waals surface area (Å²) in [5.41, 5.74) is 3.61. The Balaban J connectivity index is 1.80.